The lowest BCUT2D eigenvalue weighted by Crippen LogP contribution is -2.28. The summed E-state index contributed by atoms with van der Waals surface area (Å²) in [5.41, 5.74) is 0.946. The minimum absolute atomic E-state index is 0.156. The highest BCUT2D eigenvalue weighted by Gasteiger charge is 2.14. The fourth-order valence-electron chi connectivity index (χ4n) is 1.89. The molecule has 1 atom stereocenters. The molecule has 112 valence electrons. The van der Waals surface area contributed by atoms with Crippen molar-refractivity contribution < 1.29 is 14.3 Å². The fraction of sp³-hybridized carbons (Fsp3) is 0.267. The van der Waals surface area contributed by atoms with Crippen molar-refractivity contribution in [2.24, 2.45) is 0 Å². The van der Waals surface area contributed by atoms with Crippen LogP contribution in [0.25, 0.3) is 0 Å². The average Bonchev–Trinajstić information content (AvgIpc) is 2.94. The van der Waals surface area contributed by atoms with Gasteiger partial charge in [0, 0.05) is 13.7 Å². The van der Waals surface area contributed by atoms with Crippen molar-refractivity contribution >= 4 is 28.8 Å². The molecule has 6 heteroatoms. The maximum atomic E-state index is 12.0. The largest absolute Gasteiger partial charge is 0.497 e. The summed E-state index contributed by atoms with van der Waals surface area (Å²) in [6, 6.07) is 11.0. The van der Waals surface area contributed by atoms with Crippen LogP contribution in [0.5, 0.6) is 5.75 Å². The molecule has 0 aliphatic rings. The maximum absolute atomic E-state index is 12.0. The van der Waals surface area contributed by atoms with Crippen LogP contribution in [0.3, 0.4) is 0 Å². The molecule has 0 aliphatic carbocycles. The van der Waals surface area contributed by atoms with E-state index in [4.69, 9.17) is 21.1 Å². The highest BCUT2D eigenvalue weighted by Crippen LogP contribution is 2.23. The Morgan fingerprint density at radius 1 is 1.33 bits per heavy atom. The first kappa shape index (κ1) is 15.8. The molecule has 1 N–H and O–H groups in total. The van der Waals surface area contributed by atoms with Crippen LogP contribution in [-0.4, -0.2) is 26.7 Å². The second kappa shape index (κ2) is 7.45. The van der Waals surface area contributed by atoms with E-state index in [1.807, 2.05) is 24.3 Å². The molecule has 0 spiro atoms. The van der Waals surface area contributed by atoms with Gasteiger partial charge >= 0.3 is 0 Å². The summed E-state index contributed by atoms with van der Waals surface area (Å²) in [7, 11) is 3.22. The average molecular weight is 326 g/mol. The molecule has 2 aromatic rings. The zero-order valence-electron chi connectivity index (χ0n) is 11.8. The van der Waals surface area contributed by atoms with E-state index in [1.165, 1.54) is 11.3 Å². The summed E-state index contributed by atoms with van der Waals surface area (Å²) in [6.45, 7) is 0.373. The fourth-order valence-corrected chi connectivity index (χ4v) is 2.85. The maximum Gasteiger partial charge on any atom is 0.261 e. The molecule has 0 bridgehead atoms. The molecule has 0 unspecified atom stereocenters. The lowest BCUT2D eigenvalue weighted by molar-refractivity contribution is 0.0830. The first-order chi connectivity index (χ1) is 10.1. The van der Waals surface area contributed by atoms with Gasteiger partial charge in [0.1, 0.15) is 5.75 Å². The molecule has 1 aromatic carbocycles. The predicted octanol–water partition coefficient (Wildman–Crippen LogP) is 3.53. The molecule has 0 radical (unpaired) electrons. The molecule has 4 nitrogen and oxygen atoms in total. The van der Waals surface area contributed by atoms with Gasteiger partial charge in [-0.05, 0) is 29.8 Å². The number of thiophene rings is 1. The van der Waals surface area contributed by atoms with Crippen LogP contribution in [0.2, 0.25) is 4.34 Å². The SMILES string of the molecule is COc1cccc([C@H](CNC(=O)c2ccc(Cl)s2)OC)c1. The van der Waals surface area contributed by atoms with E-state index >= 15 is 0 Å². The Morgan fingerprint density at radius 3 is 2.76 bits per heavy atom. The number of halogens is 1. The van der Waals surface area contributed by atoms with Gasteiger partial charge < -0.3 is 14.8 Å². The summed E-state index contributed by atoms with van der Waals surface area (Å²) in [5, 5.41) is 2.85. The van der Waals surface area contributed by atoms with Gasteiger partial charge in [-0.25, -0.2) is 0 Å². The van der Waals surface area contributed by atoms with Gasteiger partial charge in [0.2, 0.25) is 0 Å². The molecule has 0 saturated carbocycles. The Labute approximate surface area is 132 Å². The van der Waals surface area contributed by atoms with Gasteiger partial charge in [-0.1, -0.05) is 23.7 Å². The van der Waals surface area contributed by atoms with Gasteiger partial charge in [0.15, 0.2) is 0 Å². The second-order valence-corrected chi connectivity index (χ2v) is 6.03. The van der Waals surface area contributed by atoms with Gasteiger partial charge in [0.05, 0.1) is 22.4 Å². The zero-order chi connectivity index (χ0) is 15.2. The van der Waals surface area contributed by atoms with E-state index < -0.39 is 0 Å². The molecule has 0 aliphatic heterocycles. The van der Waals surface area contributed by atoms with Crippen LogP contribution >= 0.6 is 22.9 Å². The summed E-state index contributed by atoms with van der Waals surface area (Å²) >= 11 is 7.07. The number of hydrogen-bond donors (Lipinski definition) is 1. The molecule has 0 fully saturated rings. The number of carbonyl (C=O) groups is 1. The van der Waals surface area contributed by atoms with Crippen molar-refractivity contribution in [3.8, 4) is 5.75 Å². The van der Waals surface area contributed by atoms with Crippen molar-refractivity contribution in [2.45, 2.75) is 6.10 Å². The number of rotatable bonds is 6. The molecule has 2 rings (SSSR count). The Bertz CT molecular complexity index is 614. The highest BCUT2D eigenvalue weighted by atomic mass is 35.5. The lowest BCUT2D eigenvalue weighted by Gasteiger charge is -2.17. The molecule has 21 heavy (non-hydrogen) atoms. The Hall–Kier alpha value is -1.56. The van der Waals surface area contributed by atoms with Gasteiger partial charge in [-0.15, -0.1) is 11.3 Å². The first-order valence-corrected chi connectivity index (χ1v) is 7.53. The number of amides is 1. The Balaban J connectivity index is 2.00. The summed E-state index contributed by atoms with van der Waals surface area (Å²) in [5.74, 6) is 0.600. The third-order valence-corrected chi connectivity index (χ3v) is 4.23. The van der Waals surface area contributed by atoms with Crippen molar-refractivity contribution in [1.82, 2.24) is 5.32 Å². The molecule has 1 aromatic heterocycles. The third kappa shape index (κ3) is 4.20. The van der Waals surface area contributed by atoms with Gasteiger partial charge in [-0.3, -0.25) is 4.79 Å². The number of carbonyl (C=O) groups excluding carboxylic acids is 1. The summed E-state index contributed by atoms with van der Waals surface area (Å²) in [4.78, 5) is 12.6. The number of ether oxygens (including phenoxy) is 2. The molecule has 1 amide bonds. The molecular formula is C15H16ClNO3S. The predicted molar refractivity (Wildman–Crippen MR) is 84.4 cm³/mol. The van der Waals surface area contributed by atoms with Crippen LogP contribution in [-0.2, 0) is 4.74 Å². The van der Waals surface area contributed by atoms with Crippen LogP contribution < -0.4 is 10.1 Å². The number of methoxy groups -OCH3 is 2. The minimum atomic E-state index is -0.237. The van der Waals surface area contributed by atoms with E-state index in [1.54, 1.807) is 26.4 Å². The standard InChI is InChI=1S/C15H16ClNO3S/c1-19-11-5-3-4-10(8-11)12(20-2)9-17-15(18)13-6-7-14(16)21-13/h3-8,12H,9H2,1-2H3,(H,17,18)/t12-/m0/s1. The number of hydrogen-bond acceptors (Lipinski definition) is 4. The van der Waals surface area contributed by atoms with E-state index in [0.717, 1.165) is 11.3 Å². The smallest absolute Gasteiger partial charge is 0.261 e. The summed E-state index contributed by atoms with van der Waals surface area (Å²) < 4.78 is 11.2. The zero-order valence-corrected chi connectivity index (χ0v) is 13.3. The van der Waals surface area contributed by atoms with Crippen LogP contribution in [0.1, 0.15) is 21.3 Å². The van der Waals surface area contributed by atoms with E-state index in [2.05, 4.69) is 5.32 Å². The first-order valence-electron chi connectivity index (χ1n) is 6.34. The highest BCUT2D eigenvalue weighted by molar-refractivity contribution is 7.17. The van der Waals surface area contributed by atoms with Crippen molar-refractivity contribution in [1.29, 1.82) is 0 Å². The lowest BCUT2D eigenvalue weighted by atomic mass is 10.1. The topological polar surface area (TPSA) is 47.6 Å². The molecular weight excluding hydrogens is 310 g/mol. The van der Waals surface area contributed by atoms with E-state index in [-0.39, 0.29) is 12.0 Å². The molecule has 0 saturated heterocycles. The Kier molecular flexibility index (Phi) is 5.61. The summed E-state index contributed by atoms with van der Waals surface area (Å²) in [6.07, 6.45) is -0.237. The van der Waals surface area contributed by atoms with Gasteiger partial charge in [-0.2, -0.15) is 0 Å². The number of nitrogens with one attached hydrogen (secondary N) is 1. The quantitative estimate of drug-likeness (QED) is 0.884. The van der Waals surface area contributed by atoms with Crippen LogP contribution in [0, 0.1) is 0 Å². The second-order valence-electron chi connectivity index (χ2n) is 4.31. The van der Waals surface area contributed by atoms with Crippen LogP contribution in [0.15, 0.2) is 36.4 Å². The van der Waals surface area contributed by atoms with E-state index in [0.29, 0.717) is 15.8 Å². The Morgan fingerprint density at radius 2 is 2.14 bits per heavy atom. The van der Waals surface area contributed by atoms with Crippen molar-refractivity contribution in [3.63, 3.8) is 0 Å². The van der Waals surface area contributed by atoms with E-state index in [9.17, 15) is 4.79 Å². The third-order valence-electron chi connectivity index (χ3n) is 3.00. The number of benzene rings is 1. The normalized spacial score (nSPS) is 12.0. The van der Waals surface area contributed by atoms with Crippen molar-refractivity contribution in [2.75, 3.05) is 20.8 Å². The minimum Gasteiger partial charge on any atom is -0.497 e. The van der Waals surface area contributed by atoms with Gasteiger partial charge in [0.25, 0.3) is 5.91 Å². The van der Waals surface area contributed by atoms with Crippen LogP contribution in [0.4, 0.5) is 0 Å². The molecule has 1 heterocycles. The monoisotopic (exact) mass is 325 g/mol. The van der Waals surface area contributed by atoms with Crippen molar-refractivity contribution in [3.05, 3.63) is 51.2 Å².